The Kier molecular flexibility index (Phi) is 3.51. The number of imidazole rings is 1. The molecule has 3 nitrogen and oxygen atoms in total. The lowest BCUT2D eigenvalue weighted by molar-refractivity contribution is 0.199. The number of aryl methyl sites for hydroxylation is 1. The first-order valence-electron chi connectivity index (χ1n) is 6.54. The molecule has 1 atom stereocenters. The summed E-state index contributed by atoms with van der Waals surface area (Å²) in [5.41, 5.74) is 4.19. The lowest BCUT2D eigenvalue weighted by atomic mass is 10.1. The van der Waals surface area contributed by atoms with Gasteiger partial charge in [-0.05, 0) is 49.2 Å². The first-order valence-corrected chi connectivity index (χ1v) is 7.36. The van der Waals surface area contributed by atoms with Gasteiger partial charge in [-0.3, -0.25) is 0 Å². The van der Waals surface area contributed by atoms with Crippen molar-refractivity contribution in [1.82, 2.24) is 9.97 Å². The van der Waals surface area contributed by atoms with E-state index >= 15 is 0 Å². The minimum absolute atomic E-state index is 0.428. The van der Waals surface area contributed by atoms with Crippen molar-refractivity contribution in [3.63, 3.8) is 0 Å². The number of hydrogen-bond acceptors (Lipinski definition) is 3. The van der Waals surface area contributed by atoms with Crippen molar-refractivity contribution in [2.45, 2.75) is 30.0 Å². The molecule has 0 radical (unpaired) electrons. The lowest BCUT2D eigenvalue weighted by Gasteiger charge is -2.04. The summed E-state index contributed by atoms with van der Waals surface area (Å²) in [5, 5.41) is 10.4. The SMILES string of the molecule is Cc1ccc2nc(Sc3ccc([C@@H](C)O)cc3)[nH]c2c1. The van der Waals surface area contributed by atoms with E-state index in [9.17, 15) is 5.11 Å². The summed E-state index contributed by atoms with van der Waals surface area (Å²) in [4.78, 5) is 8.99. The van der Waals surface area contributed by atoms with Crippen LogP contribution >= 0.6 is 11.8 Å². The standard InChI is InChI=1S/C16H16N2OS/c1-10-3-8-14-15(9-10)18-16(17-14)20-13-6-4-12(5-7-13)11(2)19/h3-9,11,19H,1-2H3,(H,17,18)/t11-/m1/s1. The predicted molar refractivity (Wildman–Crippen MR) is 82.0 cm³/mol. The molecule has 0 aliphatic heterocycles. The van der Waals surface area contributed by atoms with Crippen molar-refractivity contribution in [2.75, 3.05) is 0 Å². The van der Waals surface area contributed by atoms with Crippen molar-refractivity contribution in [1.29, 1.82) is 0 Å². The van der Waals surface area contributed by atoms with Gasteiger partial charge in [0.25, 0.3) is 0 Å². The van der Waals surface area contributed by atoms with Crippen molar-refractivity contribution in [3.8, 4) is 0 Å². The van der Waals surface area contributed by atoms with E-state index in [-0.39, 0.29) is 0 Å². The molecule has 0 aliphatic carbocycles. The molecule has 0 bridgehead atoms. The molecule has 1 heterocycles. The molecular formula is C16H16N2OS. The van der Waals surface area contributed by atoms with Gasteiger partial charge in [0.05, 0.1) is 17.1 Å². The Morgan fingerprint density at radius 1 is 1.15 bits per heavy atom. The maximum atomic E-state index is 9.50. The van der Waals surface area contributed by atoms with Gasteiger partial charge < -0.3 is 10.1 Å². The average Bonchev–Trinajstić information content (AvgIpc) is 2.80. The number of hydrogen-bond donors (Lipinski definition) is 2. The zero-order valence-electron chi connectivity index (χ0n) is 11.4. The summed E-state index contributed by atoms with van der Waals surface area (Å²) in [6.45, 7) is 3.84. The van der Waals surface area contributed by atoms with Gasteiger partial charge in [-0.2, -0.15) is 0 Å². The molecular weight excluding hydrogens is 268 g/mol. The van der Waals surface area contributed by atoms with Crippen LogP contribution in [-0.4, -0.2) is 15.1 Å². The number of rotatable bonds is 3. The van der Waals surface area contributed by atoms with E-state index in [0.717, 1.165) is 26.6 Å². The fourth-order valence-corrected chi connectivity index (χ4v) is 2.87. The molecule has 20 heavy (non-hydrogen) atoms. The molecule has 0 amide bonds. The van der Waals surface area contributed by atoms with Crippen LogP contribution in [0.1, 0.15) is 24.2 Å². The quantitative estimate of drug-likeness (QED) is 0.762. The van der Waals surface area contributed by atoms with Crippen LogP contribution in [0.2, 0.25) is 0 Å². The maximum Gasteiger partial charge on any atom is 0.171 e. The van der Waals surface area contributed by atoms with E-state index in [1.807, 2.05) is 30.3 Å². The maximum absolute atomic E-state index is 9.50. The van der Waals surface area contributed by atoms with E-state index < -0.39 is 6.10 Å². The third-order valence-corrected chi connectivity index (χ3v) is 4.09. The Morgan fingerprint density at radius 3 is 2.60 bits per heavy atom. The Hall–Kier alpha value is -1.78. The van der Waals surface area contributed by atoms with Crippen LogP contribution in [0.25, 0.3) is 11.0 Å². The number of nitrogens with zero attached hydrogens (tertiary/aromatic N) is 1. The van der Waals surface area contributed by atoms with E-state index in [1.54, 1.807) is 18.7 Å². The van der Waals surface area contributed by atoms with Gasteiger partial charge in [-0.15, -0.1) is 0 Å². The van der Waals surface area contributed by atoms with Crippen molar-refractivity contribution < 1.29 is 5.11 Å². The summed E-state index contributed by atoms with van der Waals surface area (Å²) in [7, 11) is 0. The third-order valence-electron chi connectivity index (χ3n) is 3.19. The molecule has 3 aromatic rings. The molecule has 2 aromatic carbocycles. The van der Waals surface area contributed by atoms with Crippen LogP contribution < -0.4 is 0 Å². The van der Waals surface area contributed by atoms with Gasteiger partial charge in [0.2, 0.25) is 0 Å². The van der Waals surface area contributed by atoms with Gasteiger partial charge in [0, 0.05) is 4.90 Å². The Labute approximate surface area is 122 Å². The summed E-state index contributed by atoms with van der Waals surface area (Å²) in [5.74, 6) is 0. The molecule has 1 aromatic heterocycles. The van der Waals surface area contributed by atoms with Crippen LogP contribution in [0.15, 0.2) is 52.5 Å². The van der Waals surface area contributed by atoms with Crippen LogP contribution in [-0.2, 0) is 0 Å². The second-order valence-electron chi connectivity index (χ2n) is 4.91. The molecule has 0 unspecified atom stereocenters. The van der Waals surface area contributed by atoms with E-state index in [1.165, 1.54) is 5.56 Å². The van der Waals surface area contributed by atoms with Crippen LogP contribution in [0.4, 0.5) is 0 Å². The van der Waals surface area contributed by atoms with Crippen LogP contribution in [0.3, 0.4) is 0 Å². The highest BCUT2D eigenvalue weighted by molar-refractivity contribution is 7.99. The summed E-state index contributed by atoms with van der Waals surface area (Å²) < 4.78 is 0. The zero-order valence-corrected chi connectivity index (χ0v) is 12.2. The topological polar surface area (TPSA) is 48.9 Å². The van der Waals surface area contributed by atoms with Crippen LogP contribution in [0.5, 0.6) is 0 Å². The molecule has 0 saturated heterocycles. The summed E-state index contributed by atoms with van der Waals surface area (Å²) >= 11 is 1.59. The van der Waals surface area contributed by atoms with E-state index in [4.69, 9.17) is 0 Å². The molecule has 0 fully saturated rings. The van der Waals surface area contributed by atoms with Gasteiger partial charge >= 0.3 is 0 Å². The highest BCUT2D eigenvalue weighted by Crippen LogP contribution is 2.28. The Bertz CT molecular complexity index is 732. The normalized spacial score (nSPS) is 12.8. The van der Waals surface area contributed by atoms with Crippen LogP contribution in [0, 0.1) is 6.92 Å². The monoisotopic (exact) mass is 284 g/mol. The van der Waals surface area contributed by atoms with Crippen molar-refractivity contribution in [2.24, 2.45) is 0 Å². The number of aliphatic hydroxyl groups excluding tert-OH is 1. The molecule has 2 N–H and O–H groups in total. The molecule has 0 spiro atoms. The number of H-pyrrole nitrogens is 1. The number of nitrogens with one attached hydrogen (secondary N) is 1. The molecule has 0 saturated carbocycles. The highest BCUT2D eigenvalue weighted by Gasteiger charge is 2.06. The molecule has 102 valence electrons. The van der Waals surface area contributed by atoms with E-state index in [2.05, 4.69) is 29.0 Å². The second-order valence-corrected chi connectivity index (χ2v) is 5.97. The molecule has 4 heteroatoms. The first-order chi connectivity index (χ1) is 9.61. The predicted octanol–water partition coefficient (Wildman–Crippen LogP) is 4.08. The van der Waals surface area contributed by atoms with Crippen molar-refractivity contribution >= 4 is 22.8 Å². The fraction of sp³-hybridized carbons (Fsp3) is 0.188. The second kappa shape index (κ2) is 5.31. The number of aromatic nitrogens is 2. The molecule has 3 rings (SSSR count). The minimum atomic E-state index is -0.428. The lowest BCUT2D eigenvalue weighted by Crippen LogP contribution is -1.89. The van der Waals surface area contributed by atoms with Crippen molar-refractivity contribution in [3.05, 3.63) is 53.6 Å². The van der Waals surface area contributed by atoms with Gasteiger partial charge in [-0.25, -0.2) is 4.98 Å². The third kappa shape index (κ3) is 2.71. The van der Waals surface area contributed by atoms with Gasteiger partial charge in [-0.1, -0.05) is 30.0 Å². The number of aromatic amines is 1. The summed E-state index contributed by atoms with van der Waals surface area (Å²) in [6.07, 6.45) is -0.428. The number of fused-ring (bicyclic) bond motifs is 1. The minimum Gasteiger partial charge on any atom is -0.389 e. The average molecular weight is 284 g/mol. The largest absolute Gasteiger partial charge is 0.389 e. The van der Waals surface area contributed by atoms with E-state index in [0.29, 0.717) is 0 Å². The first kappa shape index (κ1) is 13.2. The van der Waals surface area contributed by atoms with Gasteiger partial charge in [0.15, 0.2) is 5.16 Å². The highest BCUT2D eigenvalue weighted by atomic mass is 32.2. The smallest absolute Gasteiger partial charge is 0.171 e. The fourth-order valence-electron chi connectivity index (χ4n) is 2.07. The van der Waals surface area contributed by atoms with Gasteiger partial charge in [0.1, 0.15) is 0 Å². The summed E-state index contributed by atoms with van der Waals surface area (Å²) in [6, 6.07) is 14.1. The number of aliphatic hydroxyl groups is 1. The Balaban J connectivity index is 1.85. The number of benzene rings is 2. The molecule has 0 aliphatic rings. The zero-order chi connectivity index (χ0) is 14.1. The Morgan fingerprint density at radius 2 is 1.90 bits per heavy atom.